The number of rotatable bonds is 6. The van der Waals surface area contributed by atoms with E-state index in [-0.39, 0.29) is 5.92 Å². The molecule has 1 N–H and O–H groups in total. The average Bonchev–Trinajstić information content (AvgIpc) is 2.80. The minimum atomic E-state index is 0.246. The van der Waals surface area contributed by atoms with E-state index < -0.39 is 0 Å². The second-order valence-electron chi connectivity index (χ2n) is 8.64. The molecule has 2 aromatic carbocycles. The number of aromatic nitrogens is 1. The van der Waals surface area contributed by atoms with Gasteiger partial charge < -0.3 is 5.32 Å². The minimum absolute atomic E-state index is 0.246. The molecule has 0 radical (unpaired) electrons. The van der Waals surface area contributed by atoms with E-state index in [0.717, 1.165) is 19.3 Å². The van der Waals surface area contributed by atoms with Crippen molar-refractivity contribution in [2.75, 3.05) is 5.32 Å². The molecule has 1 heterocycles. The third-order valence-corrected chi connectivity index (χ3v) is 6.56. The van der Waals surface area contributed by atoms with Gasteiger partial charge in [0.1, 0.15) is 0 Å². The van der Waals surface area contributed by atoms with E-state index in [1.807, 2.05) is 18.5 Å². The molecule has 2 atom stereocenters. The molecule has 0 fully saturated rings. The van der Waals surface area contributed by atoms with E-state index in [9.17, 15) is 0 Å². The molecule has 2 nitrogen and oxygen atoms in total. The molecule has 3 aromatic rings. The van der Waals surface area contributed by atoms with E-state index >= 15 is 0 Å². The van der Waals surface area contributed by atoms with Crippen LogP contribution in [0, 0.1) is 6.92 Å². The molecule has 0 saturated carbocycles. The Morgan fingerprint density at radius 2 is 1.81 bits per heavy atom. The molecule has 4 rings (SSSR count). The van der Waals surface area contributed by atoms with Gasteiger partial charge in [0.15, 0.2) is 0 Å². The fourth-order valence-corrected chi connectivity index (χ4v) is 4.67. The van der Waals surface area contributed by atoms with Crippen molar-refractivity contribution >= 4 is 5.69 Å². The lowest BCUT2D eigenvalue weighted by Gasteiger charge is -2.33. The number of benzene rings is 2. The number of aryl methyl sites for hydroxylation is 2. The Kier molecular flexibility index (Phi) is 6.36. The van der Waals surface area contributed by atoms with Crippen LogP contribution in [0.4, 0.5) is 5.69 Å². The van der Waals surface area contributed by atoms with Crippen LogP contribution in [0.5, 0.6) is 0 Å². The van der Waals surface area contributed by atoms with Crippen LogP contribution in [0.1, 0.15) is 60.8 Å². The van der Waals surface area contributed by atoms with Crippen molar-refractivity contribution in [1.29, 1.82) is 0 Å². The molecule has 0 saturated heterocycles. The molecule has 1 aliphatic carbocycles. The van der Waals surface area contributed by atoms with Gasteiger partial charge in [-0.1, -0.05) is 69.0 Å². The fraction of sp³-hybridized carbons (Fsp3) is 0.276. The maximum Gasteiger partial charge on any atom is 0.0411 e. The highest BCUT2D eigenvalue weighted by molar-refractivity contribution is 5.59. The molecule has 2 heteroatoms. The lowest BCUT2D eigenvalue weighted by molar-refractivity contribution is 0.629. The summed E-state index contributed by atoms with van der Waals surface area (Å²) < 4.78 is 0. The first kappa shape index (κ1) is 21.1. The molecule has 0 bridgehead atoms. The Balaban J connectivity index is 1.73. The quantitative estimate of drug-likeness (QED) is 0.455. The number of nitrogens with zero attached hydrogens (tertiary/aromatic N) is 1. The summed E-state index contributed by atoms with van der Waals surface area (Å²) >= 11 is 0. The van der Waals surface area contributed by atoms with Crippen LogP contribution < -0.4 is 5.32 Å². The second kappa shape index (κ2) is 9.34. The lowest BCUT2D eigenvalue weighted by atomic mass is 9.75. The summed E-state index contributed by atoms with van der Waals surface area (Å²) in [6, 6.07) is 21.8. The van der Waals surface area contributed by atoms with E-state index in [0.29, 0.717) is 5.92 Å². The normalized spacial score (nSPS) is 17.5. The van der Waals surface area contributed by atoms with E-state index in [4.69, 9.17) is 0 Å². The molecule has 31 heavy (non-hydrogen) atoms. The molecule has 158 valence electrons. The van der Waals surface area contributed by atoms with Gasteiger partial charge in [0.25, 0.3) is 0 Å². The molecule has 0 amide bonds. The third-order valence-electron chi connectivity index (χ3n) is 6.56. The first-order valence-electron chi connectivity index (χ1n) is 11.3. The van der Waals surface area contributed by atoms with Gasteiger partial charge in [-0.3, -0.25) is 4.98 Å². The number of anilines is 1. The van der Waals surface area contributed by atoms with Crippen LogP contribution in [0.2, 0.25) is 0 Å². The number of allylic oxidation sites excluding steroid dienone is 3. The smallest absolute Gasteiger partial charge is 0.0411 e. The molecule has 0 aliphatic heterocycles. The first-order valence-corrected chi connectivity index (χ1v) is 11.3. The summed E-state index contributed by atoms with van der Waals surface area (Å²) in [5.41, 5.74) is 10.3. The van der Waals surface area contributed by atoms with Crippen LogP contribution >= 0.6 is 0 Å². The summed E-state index contributed by atoms with van der Waals surface area (Å²) in [5.74, 6) is 0.686. The summed E-state index contributed by atoms with van der Waals surface area (Å²) in [4.78, 5) is 4.35. The zero-order valence-corrected chi connectivity index (χ0v) is 18.9. The first-order chi connectivity index (χ1) is 15.1. The van der Waals surface area contributed by atoms with Crippen molar-refractivity contribution in [2.24, 2.45) is 0 Å². The van der Waals surface area contributed by atoms with Crippen LogP contribution in [-0.4, -0.2) is 4.98 Å². The number of pyridine rings is 1. The zero-order valence-electron chi connectivity index (χ0n) is 18.9. The summed E-state index contributed by atoms with van der Waals surface area (Å²) in [6.07, 6.45) is 6.86. The number of para-hydroxylation sites is 1. The van der Waals surface area contributed by atoms with Gasteiger partial charge in [-0.15, -0.1) is 0 Å². The molecular formula is C29H32N2. The third kappa shape index (κ3) is 4.64. The molecule has 1 aliphatic rings. The van der Waals surface area contributed by atoms with Crippen molar-refractivity contribution in [3.05, 3.63) is 119 Å². The van der Waals surface area contributed by atoms with E-state index in [2.05, 4.69) is 92.2 Å². The monoisotopic (exact) mass is 408 g/mol. The predicted octanol–water partition coefficient (Wildman–Crippen LogP) is 7.56. The van der Waals surface area contributed by atoms with Gasteiger partial charge in [0, 0.05) is 29.7 Å². The zero-order chi connectivity index (χ0) is 21.8. The highest BCUT2D eigenvalue weighted by atomic mass is 14.9. The summed E-state index contributed by atoms with van der Waals surface area (Å²) in [5, 5.41) is 3.80. The maximum absolute atomic E-state index is 4.55. The van der Waals surface area contributed by atoms with Crippen LogP contribution in [0.25, 0.3) is 0 Å². The topological polar surface area (TPSA) is 24.9 Å². The largest absolute Gasteiger partial charge is 0.358 e. The highest BCUT2D eigenvalue weighted by Crippen LogP contribution is 2.44. The van der Waals surface area contributed by atoms with Crippen molar-refractivity contribution in [2.45, 2.75) is 51.9 Å². The van der Waals surface area contributed by atoms with Gasteiger partial charge in [-0.25, -0.2) is 0 Å². The van der Waals surface area contributed by atoms with Crippen molar-refractivity contribution in [3.8, 4) is 0 Å². The Morgan fingerprint density at radius 3 is 2.48 bits per heavy atom. The SMILES string of the molecule is C=C1CC(c2ccc(CC)cc2)CC(Nc2ccccc2C)=C1C(C)c1cccnc1. The summed E-state index contributed by atoms with van der Waals surface area (Å²) in [6.45, 7) is 11.2. The number of hydrogen-bond acceptors (Lipinski definition) is 2. The van der Waals surface area contributed by atoms with Crippen molar-refractivity contribution in [1.82, 2.24) is 4.98 Å². The predicted molar refractivity (Wildman–Crippen MR) is 131 cm³/mol. The van der Waals surface area contributed by atoms with Crippen LogP contribution in [0.3, 0.4) is 0 Å². The van der Waals surface area contributed by atoms with Gasteiger partial charge in [-0.05, 0) is 77.6 Å². The maximum atomic E-state index is 4.55. The average molecular weight is 409 g/mol. The van der Waals surface area contributed by atoms with Gasteiger partial charge >= 0.3 is 0 Å². The lowest BCUT2D eigenvalue weighted by Crippen LogP contribution is -2.19. The Hall–Kier alpha value is -3.13. The second-order valence-corrected chi connectivity index (χ2v) is 8.64. The number of hydrogen-bond donors (Lipinski definition) is 1. The molecular weight excluding hydrogens is 376 g/mol. The van der Waals surface area contributed by atoms with Crippen LogP contribution in [0.15, 0.2) is 96.5 Å². The molecule has 0 spiro atoms. The van der Waals surface area contributed by atoms with Crippen molar-refractivity contribution < 1.29 is 0 Å². The van der Waals surface area contributed by atoms with E-state index in [1.165, 1.54) is 44.8 Å². The van der Waals surface area contributed by atoms with E-state index in [1.54, 1.807) is 0 Å². The molecule has 2 unspecified atom stereocenters. The minimum Gasteiger partial charge on any atom is -0.358 e. The van der Waals surface area contributed by atoms with Gasteiger partial charge in [-0.2, -0.15) is 0 Å². The number of nitrogens with one attached hydrogen (secondary N) is 1. The fourth-order valence-electron chi connectivity index (χ4n) is 4.67. The van der Waals surface area contributed by atoms with Gasteiger partial charge in [0.05, 0.1) is 0 Å². The Labute approximate surface area is 186 Å². The Morgan fingerprint density at radius 1 is 1.03 bits per heavy atom. The highest BCUT2D eigenvalue weighted by Gasteiger charge is 2.29. The molecule has 1 aromatic heterocycles. The Bertz CT molecular complexity index is 1080. The summed E-state index contributed by atoms with van der Waals surface area (Å²) in [7, 11) is 0. The van der Waals surface area contributed by atoms with Gasteiger partial charge in [0.2, 0.25) is 0 Å². The standard InChI is InChI=1S/C29H32N2/c1-5-23-12-14-24(15-13-23)26-17-21(3)29(22(4)25-10-8-16-30-19-25)28(18-26)31-27-11-7-6-9-20(27)2/h6-16,19,22,26,31H,3,5,17-18H2,1-2,4H3. The van der Waals surface area contributed by atoms with Crippen molar-refractivity contribution in [3.63, 3.8) is 0 Å². The van der Waals surface area contributed by atoms with Crippen LogP contribution in [-0.2, 0) is 6.42 Å².